The number of hydrogen-bond donors (Lipinski definition) is 0. The van der Waals surface area contributed by atoms with Crippen molar-refractivity contribution in [3.8, 4) is 0 Å². The van der Waals surface area contributed by atoms with Crippen molar-refractivity contribution >= 4 is 78.0 Å². The van der Waals surface area contributed by atoms with E-state index < -0.39 is 0 Å². The minimum absolute atomic E-state index is 0.0140. The fourth-order valence-electron chi connectivity index (χ4n) is 11.5. The average molecular weight is 867 g/mol. The third kappa shape index (κ3) is 7.10. The monoisotopic (exact) mass is 867 g/mol. The molecule has 3 aliphatic rings. The molecule has 64 heavy (non-hydrogen) atoms. The number of rotatable bonds is 2. The SMILES string of the molecule is Cc1cc2c3c(c1)N(c1cc(C(C)(C)C)cc(C(C)(C)C)c1)c1c(sc4ccc(C(C)(C)C)cc14)B3c1ccc3c(c1N2c1cc(C(C)(C)C)cc(C(C)(C)C)c1)C(C)(C)CC3(C)C. The van der Waals surface area contributed by atoms with E-state index in [0.717, 1.165) is 6.42 Å². The molecule has 0 radical (unpaired) electrons. The highest BCUT2D eigenvalue weighted by molar-refractivity contribution is 7.33. The highest BCUT2D eigenvalue weighted by Crippen LogP contribution is 2.57. The van der Waals surface area contributed by atoms with Crippen LogP contribution in [-0.4, -0.2) is 6.71 Å². The maximum absolute atomic E-state index is 2.75. The summed E-state index contributed by atoms with van der Waals surface area (Å²) in [4.78, 5) is 5.47. The molecule has 0 saturated carbocycles. The second kappa shape index (κ2) is 13.9. The van der Waals surface area contributed by atoms with E-state index in [1.807, 2.05) is 11.3 Å². The zero-order valence-electron chi connectivity index (χ0n) is 43.1. The fourth-order valence-corrected chi connectivity index (χ4v) is 12.8. The van der Waals surface area contributed by atoms with Crippen LogP contribution in [0.5, 0.6) is 0 Å². The third-order valence-electron chi connectivity index (χ3n) is 14.9. The number of hydrogen-bond acceptors (Lipinski definition) is 3. The van der Waals surface area contributed by atoms with E-state index in [0.29, 0.717) is 0 Å². The molecule has 0 amide bonds. The van der Waals surface area contributed by atoms with E-state index in [2.05, 4.69) is 227 Å². The predicted octanol–water partition coefficient (Wildman–Crippen LogP) is 15.7. The van der Waals surface area contributed by atoms with Crippen LogP contribution in [0.1, 0.15) is 182 Å². The number of benzene rings is 5. The Morgan fingerprint density at radius 3 is 1.41 bits per heavy atom. The summed E-state index contributed by atoms with van der Waals surface area (Å²) in [6.07, 6.45) is 1.11. The Morgan fingerprint density at radius 2 is 0.953 bits per heavy atom. The second-order valence-electron chi connectivity index (χ2n) is 26.5. The van der Waals surface area contributed by atoms with Gasteiger partial charge in [0.05, 0.1) is 5.69 Å². The normalized spacial score (nSPS) is 16.8. The highest BCUT2D eigenvalue weighted by atomic mass is 32.1. The number of aryl methyl sites for hydroxylation is 1. The average Bonchev–Trinajstić information content (AvgIpc) is 3.62. The maximum atomic E-state index is 2.75. The van der Waals surface area contributed by atoms with Crippen molar-refractivity contribution in [3.63, 3.8) is 0 Å². The molecule has 2 nitrogen and oxygen atoms in total. The number of fused-ring (bicyclic) bond motifs is 8. The van der Waals surface area contributed by atoms with Gasteiger partial charge < -0.3 is 9.80 Å². The molecule has 334 valence electrons. The van der Waals surface area contributed by atoms with Crippen LogP contribution in [0.15, 0.2) is 78.9 Å². The van der Waals surface area contributed by atoms with Crippen LogP contribution in [0.2, 0.25) is 0 Å². The summed E-state index contributed by atoms with van der Waals surface area (Å²) in [7, 11) is 0. The van der Waals surface area contributed by atoms with E-state index in [1.165, 1.54) is 104 Å². The molecule has 4 heteroatoms. The van der Waals surface area contributed by atoms with Crippen LogP contribution in [0.3, 0.4) is 0 Å². The minimum Gasteiger partial charge on any atom is -0.311 e. The lowest BCUT2D eigenvalue weighted by molar-refractivity contribution is 0.403. The van der Waals surface area contributed by atoms with Gasteiger partial charge in [-0.25, -0.2) is 0 Å². The summed E-state index contributed by atoms with van der Waals surface area (Å²) < 4.78 is 2.81. The molecule has 0 fully saturated rings. The first-order valence-electron chi connectivity index (χ1n) is 24.1. The van der Waals surface area contributed by atoms with Gasteiger partial charge in [0.2, 0.25) is 0 Å². The topological polar surface area (TPSA) is 6.48 Å². The van der Waals surface area contributed by atoms with Crippen LogP contribution in [0.4, 0.5) is 34.1 Å². The Balaban J connectivity index is 1.48. The van der Waals surface area contributed by atoms with Crippen molar-refractivity contribution in [2.24, 2.45) is 0 Å². The molecule has 9 rings (SSSR count). The molecule has 0 N–H and O–H groups in total. The van der Waals surface area contributed by atoms with Gasteiger partial charge in [-0.05, 0) is 155 Å². The van der Waals surface area contributed by atoms with Crippen molar-refractivity contribution in [2.75, 3.05) is 9.80 Å². The van der Waals surface area contributed by atoms with Crippen LogP contribution >= 0.6 is 11.3 Å². The smallest absolute Gasteiger partial charge is 0.264 e. The van der Waals surface area contributed by atoms with Gasteiger partial charge in [0.1, 0.15) is 0 Å². The molecule has 2 aliphatic heterocycles. The van der Waals surface area contributed by atoms with Gasteiger partial charge in [0.15, 0.2) is 0 Å². The predicted molar refractivity (Wildman–Crippen MR) is 285 cm³/mol. The lowest BCUT2D eigenvalue weighted by Crippen LogP contribution is -2.61. The maximum Gasteiger partial charge on any atom is 0.264 e. The zero-order valence-corrected chi connectivity index (χ0v) is 43.9. The van der Waals surface area contributed by atoms with E-state index >= 15 is 0 Å². The first kappa shape index (κ1) is 44.9. The number of anilines is 6. The second-order valence-corrected chi connectivity index (χ2v) is 27.6. The van der Waals surface area contributed by atoms with Crippen molar-refractivity contribution in [2.45, 2.75) is 183 Å². The van der Waals surface area contributed by atoms with Gasteiger partial charge in [-0.15, -0.1) is 11.3 Å². The molecule has 0 bridgehead atoms. The first-order chi connectivity index (χ1) is 29.3. The summed E-state index contributed by atoms with van der Waals surface area (Å²) in [5, 5.41) is 1.36. The Hall–Kier alpha value is -4.28. The number of thiophene rings is 1. The largest absolute Gasteiger partial charge is 0.311 e. The van der Waals surface area contributed by atoms with Crippen LogP contribution in [-0.2, 0) is 37.9 Å². The Labute approximate surface area is 392 Å². The molecule has 0 spiro atoms. The van der Waals surface area contributed by atoms with Crippen molar-refractivity contribution in [3.05, 3.63) is 123 Å². The standard InChI is InChI=1S/C60H75BN2S/c1-35-25-46-50-47(26-35)63(42-31-39(57(11,12)13)28-40(32-42)58(14,15)16)52-45(23-22-44-49(52)60(19,20)34-59(44,17)18)61(50)53-51(43-33-36(54(2,3)4)21-24-48(43)64-53)62(46)41-29-37(55(5,6)7)27-38(30-41)56(8,9)10/h21-33H,34H2,1-20H3. The first-order valence-corrected chi connectivity index (χ1v) is 24.9. The van der Waals surface area contributed by atoms with Gasteiger partial charge in [-0.3, -0.25) is 0 Å². The summed E-state index contributed by atoms with van der Waals surface area (Å²) in [5.74, 6) is 0. The van der Waals surface area contributed by atoms with Crippen LogP contribution in [0, 0.1) is 6.92 Å². The van der Waals surface area contributed by atoms with Gasteiger partial charge in [-0.2, -0.15) is 0 Å². The number of nitrogens with zero attached hydrogens (tertiary/aromatic N) is 2. The van der Waals surface area contributed by atoms with E-state index in [1.54, 1.807) is 0 Å². The van der Waals surface area contributed by atoms with Crippen LogP contribution < -0.4 is 25.5 Å². The van der Waals surface area contributed by atoms with Crippen LogP contribution in [0.25, 0.3) is 10.1 Å². The minimum atomic E-state index is -0.0289. The summed E-state index contributed by atoms with van der Waals surface area (Å²) in [5.41, 5.74) is 21.9. The van der Waals surface area contributed by atoms with Crippen molar-refractivity contribution < 1.29 is 0 Å². The summed E-state index contributed by atoms with van der Waals surface area (Å²) in [6, 6.07) is 32.5. The Kier molecular flexibility index (Phi) is 9.74. The molecule has 3 heterocycles. The molecule has 6 aromatic rings. The third-order valence-corrected chi connectivity index (χ3v) is 16.2. The summed E-state index contributed by atoms with van der Waals surface area (Å²) >= 11 is 2.03. The van der Waals surface area contributed by atoms with E-state index in [4.69, 9.17) is 0 Å². The lowest BCUT2D eigenvalue weighted by Gasteiger charge is -2.45. The molecule has 0 unspecified atom stereocenters. The van der Waals surface area contributed by atoms with E-state index in [-0.39, 0.29) is 44.6 Å². The zero-order chi connectivity index (χ0) is 46.8. The Morgan fingerprint density at radius 1 is 0.500 bits per heavy atom. The van der Waals surface area contributed by atoms with Crippen molar-refractivity contribution in [1.82, 2.24) is 0 Å². The van der Waals surface area contributed by atoms with Gasteiger partial charge in [0, 0.05) is 43.3 Å². The lowest BCUT2D eigenvalue weighted by atomic mass is 9.35. The highest BCUT2D eigenvalue weighted by Gasteiger charge is 2.51. The van der Waals surface area contributed by atoms with Gasteiger partial charge in [-0.1, -0.05) is 162 Å². The fraction of sp³-hybridized carbons (Fsp3) is 0.467. The molecule has 5 aromatic carbocycles. The van der Waals surface area contributed by atoms with Gasteiger partial charge >= 0.3 is 0 Å². The molecule has 0 saturated heterocycles. The molecular weight excluding hydrogens is 792 g/mol. The molecular formula is C60H75BN2S. The van der Waals surface area contributed by atoms with E-state index in [9.17, 15) is 0 Å². The quantitative estimate of drug-likeness (QED) is 0.160. The Bertz CT molecular complexity index is 2840. The van der Waals surface area contributed by atoms with Crippen molar-refractivity contribution in [1.29, 1.82) is 0 Å². The molecule has 0 atom stereocenters. The summed E-state index contributed by atoms with van der Waals surface area (Å²) in [6.45, 7) is 47.9. The van der Waals surface area contributed by atoms with Gasteiger partial charge in [0.25, 0.3) is 6.71 Å². The molecule has 1 aliphatic carbocycles. The molecule has 1 aromatic heterocycles.